The maximum atomic E-state index is 10.9. The lowest BCUT2D eigenvalue weighted by molar-refractivity contribution is -0.119. The fourth-order valence-corrected chi connectivity index (χ4v) is 1.05. The van der Waals surface area contributed by atoms with Gasteiger partial charge in [-0.1, -0.05) is 5.16 Å². The molecule has 1 aromatic rings. The molecule has 0 saturated carbocycles. The Hall–Kier alpha value is -1.03. The summed E-state index contributed by atoms with van der Waals surface area (Å²) >= 11 is 5.64. The molecule has 12 heavy (non-hydrogen) atoms. The molecule has 0 spiro atoms. The molecule has 1 N–H and O–H groups in total. The molecule has 0 saturated heterocycles. The van der Waals surface area contributed by atoms with Crippen LogP contribution in [0.25, 0.3) is 0 Å². The topological polar surface area (TPSA) is 55.1 Å². The van der Waals surface area contributed by atoms with Crippen molar-refractivity contribution in [2.75, 3.05) is 7.05 Å². The van der Waals surface area contributed by atoms with Crippen molar-refractivity contribution in [2.24, 2.45) is 0 Å². The Balaban J connectivity index is 2.80. The van der Waals surface area contributed by atoms with Crippen LogP contribution < -0.4 is 5.32 Å². The molecule has 0 radical (unpaired) electrons. The molecule has 0 aliphatic rings. The summed E-state index contributed by atoms with van der Waals surface area (Å²) in [5.41, 5.74) is 1.31. The standard InChI is InChI=1S/C7H9ClN2O2/c1-4-5(3-6(11)9-2)7(8)12-10-4/h3H2,1-2H3,(H,9,11). The highest BCUT2D eigenvalue weighted by Gasteiger charge is 2.13. The number of carbonyl (C=O) groups excluding carboxylic acids is 1. The minimum absolute atomic E-state index is 0.108. The second kappa shape index (κ2) is 3.58. The number of rotatable bonds is 2. The highest BCUT2D eigenvalue weighted by atomic mass is 35.5. The Bertz CT molecular complexity index is 276. The molecule has 1 amide bonds. The fraction of sp³-hybridized carbons (Fsp3) is 0.429. The van der Waals surface area contributed by atoms with Gasteiger partial charge in [0.15, 0.2) is 0 Å². The van der Waals surface area contributed by atoms with Gasteiger partial charge in [-0.05, 0) is 18.5 Å². The Morgan fingerprint density at radius 2 is 2.42 bits per heavy atom. The molecule has 1 rings (SSSR count). The van der Waals surface area contributed by atoms with Gasteiger partial charge in [-0.2, -0.15) is 0 Å². The Morgan fingerprint density at radius 3 is 2.83 bits per heavy atom. The van der Waals surface area contributed by atoms with E-state index in [0.29, 0.717) is 11.3 Å². The van der Waals surface area contributed by atoms with E-state index >= 15 is 0 Å². The summed E-state index contributed by atoms with van der Waals surface area (Å²) in [5.74, 6) is -0.108. The zero-order valence-corrected chi connectivity index (χ0v) is 7.60. The minimum Gasteiger partial charge on any atom is -0.359 e. The first-order valence-electron chi connectivity index (χ1n) is 3.46. The monoisotopic (exact) mass is 188 g/mol. The maximum absolute atomic E-state index is 10.9. The lowest BCUT2D eigenvalue weighted by Crippen LogP contribution is -2.20. The van der Waals surface area contributed by atoms with Gasteiger partial charge in [0.05, 0.1) is 12.1 Å². The number of carbonyl (C=O) groups is 1. The third kappa shape index (κ3) is 1.76. The average molecular weight is 189 g/mol. The molecule has 1 heterocycles. The lowest BCUT2D eigenvalue weighted by atomic mass is 10.2. The molecule has 66 valence electrons. The predicted molar refractivity (Wildman–Crippen MR) is 44.0 cm³/mol. The summed E-state index contributed by atoms with van der Waals surface area (Å²) in [4.78, 5) is 10.9. The van der Waals surface area contributed by atoms with Crippen molar-refractivity contribution in [3.63, 3.8) is 0 Å². The van der Waals surface area contributed by atoms with Gasteiger partial charge < -0.3 is 9.84 Å². The van der Waals surface area contributed by atoms with E-state index in [1.165, 1.54) is 0 Å². The first-order chi connectivity index (χ1) is 5.65. The van der Waals surface area contributed by atoms with E-state index in [1.807, 2.05) is 0 Å². The SMILES string of the molecule is CNC(=O)Cc1c(C)noc1Cl. The summed E-state index contributed by atoms with van der Waals surface area (Å²) < 4.78 is 4.68. The van der Waals surface area contributed by atoms with E-state index in [2.05, 4.69) is 15.0 Å². The van der Waals surface area contributed by atoms with Crippen molar-refractivity contribution < 1.29 is 9.32 Å². The highest BCUT2D eigenvalue weighted by Crippen LogP contribution is 2.19. The molecule has 0 fully saturated rings. The third-order valence-electron chi connectivity index (χ3n) is 1.55. The third-order valence-corrected chi connectivity index (χ3v) is 1.85. The van der Waals surface area contributed by atoms with Gasteiger partial charge in [-0.3, -0.25) is 4.79 Å². The van der Waals surface area contributed by atoms with Crippen LogP contribution in [-0.2, 0) is 11.2 Å². The molecule has 0 aliphatic heterocycles. The van der Waals surface area contributed by atoms with E-state index in [1.54, 1.807) is 14.0 Å². The summed E-state index contributed by atoms with van der Waals surface area (Å²) in [6, 6.07) is 0. The number of halogens is 1. The van der Waals surface area contributed by atoms with Crippen LogP contribution in [0.1, 0.15) is 11.3 Å². The summed E-state index contributed by atoms with van der Waals surface area (Å²) in [6.07, 6.45) is 0.213. The first kappa shape index (κ1) is 9.06. The zero-order valence-electron chi connectivity index (χ0n) is 6.85. The van der Waals surface area contributed by atoms with E-state index in [9.17, 15) is 4.79 Å². The van der Waals surface area contributed by atoms with E-state index in [0.717, 1.165) is 0 Å². The predicted octanol–water partition coefficient (Wildman–Crippen LogP) is 0.925. The van der Waals surface area contributed by atoms with Gasteiger partial charge in [0.25, 0.3) is 0 Å². The van der Waals surface area contributed by atoms with Gasteiger partial charge in [0.2, 0.25) is 11.1 Å². The lowest BCUT2D eigenvalue weighted by Gasteiger charge is -1.96. The van der Waals surface area contributed by atoms with Crippen LogP contribution in [0.2, 0.25) is 5.22 Å². The normalized spacial score (nSPS) is 9.92. The number of hydrogen-bond acceptors (Lipinski definition) is 3. The summed E-state index contributed by atoms with van der Waals surface area (Å²) in [7, 11) is 1.57. The van der Waals surface area contributed by atoms with Gasteiger partial charge in [0, 0.05) is 12.6 Å². The molecule has 5 heteroatoms. The van der Waals surface area contributed by atoms with Crippen LogP contribution in [0, 0.1) is 6.92 Å². The minimum atomic E-state index is -0.108. The van der Waals surface area contributed by atoms with Crippen LogP contribution in [0.4, 0.5) is 0 Å². The number of aryl methyl sites for hydroxylation is 1. The van der Waals surface area contributed by atoms with Crippen molar-refractivity contribution >= 4 is 17.5 Å². The van der Waals surface area contributed by atoms with Crippen molar-refractivity contribution in [1.82, 2.24) is 10.5 Å². The molecule has 0 unspecified atom stereocenters. The first-order valence-corrected chi connectivity index (χ1v) is 3.84. The molecule has 0 aromatic carbocycles. The molecule has 0 bridgehead atoms. The Labute approximate surface area is 74.9 Å². The smallest absolute Gasteiger partial charge is 0.229 e. The molecular weight excluding hydrogens is 180 g/mol. The van der Waals surface area contributed by atoms with Crippen molar-refractivity contribution in [3.05, 3.63) is 16.5 Å². The van der Waals surface area contributed by atoms with Crippen LogP contribution in [0.5, 0.6) is 0 Å². The molecule has 0 aliphatic carbocycles. The van der Waals surface area contributed by atoms with Crippen LogP contribution in [-0.4, -0.2) is 18.1 Å². The average Bonchev–Trinajstić information content (AvgIpc) is 2.35. The van der Waals surface area contributed by atoms with Gasteiger partial charge >= 0.3 is 0 Å². The molecule has 1 aromatic heterocycles. The Kier molecular flexibility index (Phi) is 2.70. The number of nitrogens with one attached hydrogen (secondary N) is 1. The summed E-state index contributed by atoms with van der Waals surface area (Å²) in [5, 5.41) is 6.30. The summed E-state index contributed by atoms with van der Waals surface area (Å²) in [6.45, 7) is 1.74. The number of likely N-dealkylation sites (N-methyl/N-ethyl adjacent to an activating group) is 1. The molecular formula is C7H9ClN2O2. The number of hydrogen-bond donors (Lipinski definition) is 1. The van der Waals surface area contributed by atoms with Crippen LogP contribution >= 0.6 is 11.6 Å². The van der Waals surface area contributed by atoms with E-state index in [4.69, 9.17) is 11.6 Å². The largest absolute Gasteiger partial charge is 0.359 e. The number of amides is 1. The fourth-order valence-electron chi connectivity index (χ4n) is 0.807. The number of aromatic nitrogens is 1. The van der Waals surface area contributed by atoms with Crippen molar-refractivity contribution in [3.8, 4) is 0 Å². The quantitative estimate of drug-likeness (QED) is 0.751. The Morgan fingerprint density at radius 1 is 1.75 bits per heavy atom. The zero-order chi connectivity index (χ0) is 9.14. The number of nitrogens with zero attached hydrogens (tertiary/aromatic N) is 1. The van der Waals surface area contributed by atoms with E-state index < -0.39 is 0 Å². The molecule has 4 nitrogen and oxygen atoms in total. The van der Waals surface area contributed by atoms with Crippen LogP contribution in [0.15, 0.2) is 4.52 Å². The van der Waals surface area contributed by atoms with Gasteiger partial charge in [-0.15, -0.1) is 0 Å². The van der Waals surface area contributed by atoms with Crippen molar-refractivity contribution in [2.45, 2.75) is 13.3 Å². The van der Waals surface area contributed by atoms with Crippen molar-refractivity contribution in [1.29, 1.82) is 0 Å². The maximum Gasteiger partial charge on any atom is 0.229 e. The highest BCUT2D eigenvalue weighted by molar-refractivity contribution is 6.29. The van der Waals surface area contributed by atoms with Gasteiger partial charge in [-0.25, -0.2) is 0 Å². The van der Waals surface area contributed by atoms with E-state index in [-0.39, 0.29) is 17.5 Å². The molecule has 0 atom stereocenters. The van der Waals surface area contributed by atoms with Crippen LogP contribution in [0.3, 0.4) is 0 Å². The second-order valence-electron chi connectivity index (χ2n) is 2.37. The second-order valence-corrected chi connectivity index (χ2v) is 2.71. The van der Waals surface area contributed by atoms with Gasteiger partial charge in [0.1, 0.15) is 0 Å².